The molecule has 0 saturated carbocycles. The predicted molar refractivity (Wildman–Crippen MR) is 71.1 cm³/mol. The quantitative estimate of drug-likeness (QED) is 0.777. The molecule has 0 amide bonds. The summed E-state index contributed by atoms with van der Waals surface area (Å²) < 4.78 is 13.5. The third-order valence-electron chi connectivity index (χ3n) is 3.53. The molecule has 2 rings (SSSR count). The number of hydrogen-bond acceptors (Lipinski definition) is 2. The molecule has 4 heteroatoms. The predicted octanol–water partition coefficient (Wildman–Crippen LogP) is 3.69. The van der Waals surface area contributed by atoms with Crippen LogP contribution in [0.1, 0.15) is 26.7 Å². The summed E-state index contributed by atoms with van der Waals surface area (Å²) in [6, 6.07) is 2.93. The van der Waals surface area contributed by atoms with Crippen LogP contribution in [0, 0.1) is 11.2 Å². The van der Waals surface area contributed by atoms with E-state index in [1.165, 1.54) is 12.1 Å². The molecule has 1 aromatic carbocycles. The Hall–Kier alpha value is -0.960. The van der Waals surface area contributed by atoms with Crippen LogP contribution in [0.15, 0.2) is 12.1 Å². The van der Waals surface area contributed by atoms with Crippen molar-refractivity contribution >= 4 is 23.0 Å². The Morgan fingerprint density at radius 2 is 1.88 bits per heavy atom. The third kappa shape index (κ3) is 2.65. The minimum absolute atomic E-state index is 0.0867. The first-order valence-corrected chi connectivity index (χ1v) is 6.26. The van der Waals surface area contributed by atoms with Crippen LogP contribution >= 0.6 is 11.6 Å². The molecule has 1 aliphatic heterocycles. The molecular formula is C13H18ClFN2. The topological polar surface area (TPSA) is 29.3 Å². The fourth-order valence-corrected chi connectivity index (χ4v) is 2.35. The van der Waals surface area contributed by atoms with Gasteiger partial charge in [-0.3, -0.25) is 0 Å². The smallest absolute Gasteiger partial charge is 0.144 e. The first-order chi connectivity index (χ1) is 7.89. The molecule has 1 saturated heterocycles. The molecule has 1 fully saturated rings. The van der Waals surface area contributed by atoms with Crippen molar-refractivity contribution in [1.82, 2.24) is 0 Å². The van der Waals surface area contributed by atoms with Gasteiger partial charge in [-0.05, 0) is 24.3 Å². The summed E-state index contributed by atoms with van der Waals surface area (Å²) in [5, 5.41) is 0.0867. The van der Waals surface area contributed by atoms with Gasteiger partial charge in [-0.25, -0.2) is 4.39 Å². The molecule has 0 aromatic heterocycles. The molecule has 1 heterocycles. The molecule has 2 nitrogen and oxygen atoms in total. The highest BCUT2D eigenvalue weighted by Gasteiger charge is 2.26. The largest absolute Gasteiger partial charge is 0.397 e. The zero-order valence-electron chi connectivity index (χ0n) is 10.3. The zero-order valence-corrected chi connectivity index (χ0v) is 11.0. The van der Waals surface area contributed by atoms with Crippen molar-refractivity contribution in [3.8, 4) is 0 Å². The lowest BCUT2D eigenvalue weighted by Crippen LogP contribution is -2.37. The van der Waals surface area contributed by atoms with Crippen LogP contribution < -0.4 is 10.6 Å². The minimum Gasteiger partial charge on any atom is -0.397 e. The van der Waals surface area contributed by atoms with Gasteiger partial charge < -0.3 is 10.6 Å². The Kier molecular flexibility index (Phi) is 3.21. The van der Waals surface area contributed by atoms with Crippen LogP contribution in [0.3, 0.4) is 0 Å². The second kappa shape index (κ2) is 4.37. The average Bonchev–Trinajstić information content (AvgIpc) is 2.24. The summed E-state index contributed by atoms with van der Waals surface area (Å²) in [6.45, 7) is 6.35. The monoisotopic (exact) mass is 256 g/mol. The van der Waals surface area contributed by atoms with Crippen LogP contribution in [-0.4, -0.2) is 13.1 Å². The van der Waals surface area contributed by atoms with Crippen LogP contribution in [0.2, 0.25) is 5.02 Å². The van der Waals surface area contributed by atoms with Crippen molar-refractivity contribution in [2.75, 3.05) is 23.7 Å². The molecule has 0 aliphatic carbocycles. The Morgan fingerprint density at radius 1 is 1.29 bits per heavy atom. The van der Waals surface area contributed by atoms with E-state index in [1.54, 1.807) is 0 Å². The fourth-order valence-electron chi connectivity index (χ4n) is 2.18. The molecule has 2 N–H and O–H groups in total. The summed E-state index contributed by atoms with van der Waals surface area (Å²) in [5.41, 5.74) is 7.59. The highest BCUT2D eigenvalue weighted by molar-refractivity contribution is 6.31. The Balaban J connectivity index is 2.21. The molecule has 0 radical (unpaired) electrons. The van der Waals surface area contributed by atoms with Crippen LogP contribution in [0.25, 0.3) is 0 Å². The van der Waals surface area contributed by atoms with E-state index in [0.717, 1.165) is 31.6 Å². The van der Waals surface area contributed by atoms with Gasteiger partial charge in [0.25, 0.3) is 0 Å². The first kappa shape index (κ1) is 12.5. The Labute approximate surface area is 107 Å². The number of halogens is 2. The summed E-state index contributed by atoms with van der Waals surface area (Å²) in [6.07, 6.45) is 2.19. The molecular weight excluding hydrogens is 239 g/mol. The second-order valence-electron chi connectivity index (χ2n) is 5.48. The zero-order chi connectivity index (χ0) is 12.6. The summed E-state index contributed by atoms with van der Waals surface area (Å²) >= 11 is 5.70. The standard InChI is InChI=1S/C13H18ClFN2/c1-13(2)3-5-17(6-4-13)12-8-10(15)9(14)7-11(12)16/h7-8H,3-6,16H2,1-2H3. The van der Waals surface area contributed by atoms with Crippen LogP contribution in [0.4, 0.5) is 15.8 Å². The lowest BCUT2D eigenvalue weighted by Gasteiger charge is -2.38. The fraction of sp³-hybridized carbons (Fsp3) is 0.538. The summed E-state index contributed by atoms with van der Waals surface area (Å²) in [4.78, 5) is 2.14. The lowest BCUT2D eigenvalue weighted by molar-refractivity contribution is 0.280. The van der Waals surface area contributed by atoms with Gasteiger partial charge in [0.05, 0.1) is 16.4 Å². The van der Waals surface area contributed by atoms with E-state index in [-0.39, 0.29) is 5.02 Å². The first-order valence-electron chi connectivity index (χ1n) is 5.88. The van der Waals surface area contributed by atoms with Gasteiger partial charge in [0, 0.05) is 19.2 Å². The van der Waals surface area contributed by atoms with E-state index in [0.29, 0.717) is 11.1 Å². The number of rotatable bonds is 1. The van der Waals surface area contributed by atoms with Crippen molar-refractivity contribution in [2.24, 2.45) is 5.41 Å². The number of nitrogen functional groups attached to an aromatic ring is 1. The van der Waals surface area contributed by atoms with E-state index >= 15 is 0 Å². The number of nitrogens with zero attached hydrogens (tertiary/aromatic N) is 1. The maximum absolute atomic E-state index is 13.5. The third-order valence-corrected chi connectivity index (χ3v) is 3.82. The van der Waals surface area contributed by atoms with E-state index in [2.05, 4.69) is 18.7 Å². The van der Waals surface area contributed by atoms with Gasteiger partial charge in [0.1, 0.15) is 5.82 Å². The molecule has 94 valence electrons. The van der Waals surface area contributed by atoms with Gasteiger partial charge in [-0.2, -0.15) is 0 Å². The van der Waals surface area contributed by atoms with Gasteiger partial charge in [0.2, 0.25) is 0 Å². The maximum atomic E-state index is 13.5. The highest BCUT2D eigenvalue weighted by Crippen LogP contribution is 2.35. The SMILES string of the molecule is CC1(C)CCN(c2cc(F)c(Cl)cc2N)CC1. The molecule has 0 spiro atoms. The van der Waals surface area contributed by atoms with Gasteiger partial charge >= 0.3 is 0 Å². The number of anilines is 2. The van der Waals surface area contributed by atoms with Crippen molar-refractivity contribution in [3.05, 3.63) is 23.0 Å². The molecule has 0 bridgehead atoms. The van der Waals surface area contributed by atoms with Crippen molar-refractivity contribution in [3.63, 3.8) is 0 Å². The van der Waals surface area contributed by atoms with E-state index < -0.39 is 5.82 Å². The van der Waals surface area contributed by atoms with E-state index in [4.69, 9.17) is 17.3 Å². The molecule has 1 aliphatic rings. The van der Waals surface area contributed by atoms with Gasteiger partial charge in [0.15, 0.2) is 0 Å². The number of piperidine rings is 1. The number of hydrogen-bond donors (Lipinski definition) is 1. The second-order valence-corrected chi connectivity index (χ2v) is 5.88. The Bertz CT molecular complexity index is 422. The molecule has 0 unspecified atom stereocenters. The number of nitrogens with two attached hydrogens (primary N) is 1. The van der Waals surface area contributed by atoms with Gasteiger partial charge in [-0.15, -0.1) is 0 Å². The van der Waals surface area contributed by atoms with Crippen molar-refractivity contribution in [2.45, 2.75) is 26.7 Å². The van der Waals surface area contributed by atoms with Gasteiger partial charge in [-0.1, -0.05) is 25.4 Å². The van der Waals surface area contributed by atoms with Crippen molar-refractivity contribution in [1.29, 1.82) is 0 Å². The lowest BCUT2D eigenvalue weighted by atomic mass is 9.82. The maximum Gasteiger partial charge on any atom is 0.144 e. The van der Waals surface area contributed by atoms with Crippen molar-refractivity contribution < 1.29 is 4.39 Å². The average molecular weight is 257 g/mol. The van der Waals surface area contributed by atoms with E-state index in [9.17, 15) is 4.39 Å². The molecule has 1 aromatic rings. The number of benzene rings is 1. The van der Waals surface area contributed by atoms with Crippen LogP contribution in [0.5, 0.6) is 0 Å². The molecule has 17 heavy (non-hydrogen) atoms. The molecule has 0 atom stereocenters. The highest BCUT2D eigenvalue weighted by atomic mass is 35.5. The summed E-state index contributed by atoms with van der Waals surface area (Å²) in [7, 11) is 0. The minimum atomic E-state index is -0.402. The summed E-state index contributed by atoms with van der Waals surface area (Å²) in [5.74, 6) is -0.402. The normalized spacial score (nSPS) is 19.4. The van der Waals surface area contributed by atoms with E-state index in [1.807, 2.05) is 0 Å². The Morgan fingerprint density at radius 3 is 2.47 bits per heavy atom. The van der Waals surface area contributed by atoms with Crippen LogP contribution in [-0.2, 0) is 0 Å².